The molecule has 1 atom stereocenters. The third-order valence-corrected chi connectivity index (χ3v) is 2.95. The summed E-state index contributed by atoms with van der Waals surface area (Å²) >= 11 is 0. The van der Waals surface area contributed by atoms with Crippen molar-refractivity contribution in [3.8, 4) is 0 Å². The van der Waals surface area contributed by atoms with Crippen LogP contribution in [0.1, 0.15) is 24.1 Å². The number of hydrogen-bond donors (Lipinski definition) is 1. The number of nitrogens with zero attached hydrogens (tertiary/aromatic N) is 1. The highest BCUT2D eigenvalue weighted by Crippen LogP contribution is 2.21. The first-order chi connectivity index (χ1) is 7.61. The Bertz CT molecular complexity index is 419. The Morgan fingerprint density at radius 2 is 2.31 bits per heavy atom. The van der Waals surface area contributed by atoms with Crippen LogP contribution in [0.2, 0.25) is 0 Å². The van der Waals surface area contributed by atoms with Gasteiger partial charge in [0.05, 0.1) is 6.04 Å². The average Bonchev–Trinajstić information content (AvgIpc) is 2.64. The molecule has 0 bridgehead atoms. The van der Waals surface area contributed by atoms with E-state index in [9.17, 15) is 9.18 Å². The van der Waals surface area contributed by atoms with Gasteiger partial charge in [0.25, 0.3) is 0 Å². The Morgan fingerprint density at radius 3 is 2.88 bits per heavy atom. The first kappa shape index (κ1) is 10.9. The number of urea groups is 1. The van der Waals surface area contributed by atoms with Crippen molar-refractivity contribution in [1.82, 2.24) is 10.2 Å². The summed E-state index contributed by atoms with van der Waals surface area (Å²) in [6.45, 7) is 5.02. The zero-order valence-corrected chi connectivity index (χ0v) is 9.46. The number of benzene rings is 1. The second kappa shape index (κ2) is 4.12. The fourth-order valence-electron chi connectivity index (χ4n) is 1.94. The van der Waals surface area contributed by atoms with Crippen LogP contribution in [0.15, 0.2) is 18.2 Å². The van der Waals surface area contributed by atoms with Gasteiger partial charge in [0.1, 0.15) is 5.82 Å². The van der Waals surface area contributed by atoms with Crippen molar-refractivity contribution in [2.24, 2.45) is 0 Å². The molecule has 1 aromatic carbocycles. The molecule has 0 radical (unpaired) electrons. The molecule has 1 aliphatic heterocycles. The van der Waals surface area contributed by atoms with E-state index in [0.29, 0.717) is 18.7 Å². The fraction of sp³-hybridized carbons (Fsp3) is 0.417. The zero-order valence-electron chi connectivity index (χ0n) is 9.46. The smallest absolute Gasteiger partial charge is 0.318 e. The second-order valence-electron chi connectivity index (χ2n) is 4.05. The molecule has 1 aliphatic rings. The van der Waals surface area contributed by atoms with Crippen molar-refractivity contribution in [2.45, 2.75) is 19.9 Å². The topological polar surface area (TPSA) is 32.3 Å². The van der Waals surface area contributed by atoms with Crippen LogP contribution in [-0.4, -0.2) is 24.0 Å². The molecule has 2 rings (SSSR count). The lowest BCUT2D eigenvalue weighted by Crippen LogP contribution is -2.27. The van der Waals surface area contributed by atoms with Crippen molar-refractivity contribution in [3.63, 3.8) is 0 Å². The molecule has 4 heteroatoms. The molecule has 2 amide bonds. The normalized spacial score (nSPS) is 20.1. The largest absolute Gasteiger partial charge is 0.329 e. The molecular formula is C12H15FN2O. The first-order valence-electron chi connectivity index (χ1n) is 5.43. The van der Waals surface area contributed by atoms with Crippen LogP contribution in [0.25, 0.3) is 0 Å². The zero-order chi connectivity index (χ0) is 11.7. The summed E-state index contributed by atoms with van der Waals surface area (Å²) in [4.78, 5) is 13.2. The molecule has 1 fully saturated rings. The van der Waals surface area contributed by atoms with E-state index in [0.717, 1.165) is 5.56 Å². The molecule has 1 aromatic rings. The summed E-state index contributed by atoms with van der Waals surface area (Å²) < 4.78 is 13.1. The average molecular weight is 222 g/mol. The first-order valence-corrected chi connectivity index (χ1v) is 5.43. The molecule has 1 unspecified atom stereocenters. The maximum absolute atomic E-state index is 13.1. The molecule has 16 heavy (non-hydrogen) atoms. The van der Waals surface area contributed by atoms with E-state index in [-0.39, 0.29) is 17.9 Å². The fourth-order valence-corrected chi connectivity index (χ4v) is 1.94. The van der Waals surface area contributed by atoms with Crippen LogP contribution >= 0.6 is 0 Å². The van der Waals surface area contributed by atoms with Crippen LogP contribution in [0.3, 0.4) is 0 Å². The highest BCUT2D eigenvalue weighted by Gasteiger charge is 2.28. The molecule has 1 saturated heterocycles. The molecule has 86 valence electrons. The highest BCUT2D eigenvalue weighted by atomic mass is 19.1. The summed E-state index contributed by atoms with van der Waals surface area (Å²) in [6, 6.07) is 4.90. The second-order valence-corrected chi connectivity index (χ2v) is 4.05. The number of likely N-dealkylation sites (N-methyl/N-ethyl adjacent to an activating group) is 1. The minimum atomic E-state index is -0.208. The predicted molar refractivity (Wildman–Crippen MR) is 59.7 cm³/mol. The van der Waals surface area contributed by atoms with E-state index in [2.05, 4.69) is 5.32 Å². The van der Waals surface area contributed by atoms with Crippen molar-refractivity contribution < 1.29 is 9.18 Å². The monoisotopic (exact) mass is 222 g/mol. The summed E-state index contributed by atoms with van der Waals surface area (Å²) in [7, 11) is 0. The van der Waals surface area contributed by atoms with Crippen molar-refractivity contribution in [3.05, 3.63) is 35.1 Å². The number of rotatable bonds is 2. The number of hydrogen-bond acceptors (Lipinski definition) is 1. The molecule has 3 nitrogen and oxygen atoms in total. The number of carbonyl (C=O) groups is 1. The van der Waals surface area contributed by atoms with Crippen molar-refractivity contribution >= 4 is 6.03 Å². The lowest BCUT2D eigenvalue weighted by molar-refractivity contribution is 0.219. The van der Waals surface area contributed by atoms with Gasteiger partial charge in [-0.05, 0) is 31.0 Å². The molecule has 0 aliphatic carbocycles. The van der Waals surface area contributed by atoms with E-state index in [1.165, 1.54) is 6.07 Å². The van der Waals surface area contributed by atoms with Gasteiger partial charge in [-0.15, -0.1) is 0 Å². The predicted octanol–water partition coefficient (Wildman–Crippen LogP) is 2.22. The Kier molecular flexibility index (Phi) is 2.81. The number of halogens is 1. The van der Waals surface area contributed by atoms with Gasteiger partial charge in [0, 0.05) is 13.1 Å². The Balaban J connectivity index is 2.20. The number of nitrogens with one attached hydrogen (secondary N) is 1. The van der Waals surface area contributed by atoms with Gasteiger partial charge in [0.15, 0.2) is 0 Å². The summed E-state index contributed by atoms with van der Waals surface area (Å²) in [5.74, 6) is -0.208. The van der Waals surface area contributed by atoms with Crippen molar-refractivity contribution in [2.75, 3.05) is 13.1 Å². The quantitative estimate of drug-likeness (QED) is 0.817. The summed E-state index contributed by atoms with van der Waals surface area (Å²) in [6.07, 6.45) is 0. The minimum Gasteiger partial charge on any atom is -0.329 e. The van der Waals surface area contributed by atoms with E-state index in [4.69, 9.17) is 0 Å². The summed E-state index contributed by atoms with van der Waals surface area (Å²) in [5.41, 5.74) is 1.57. The molecular weight excluding hydrogens is 207 g/mol. The van der Waals surface area contributed by atoms with Gasteiger partial charge in [0.2, 0.25) is 0 Å². The molecule has 0 spiro atoms. The number of aryl methyl sites for hydroxylation is 1. The maximum Gasteiger partial charge on any atom is 0.318 e. The Labute approximate surface area is 94.3 Å². The van der Waals surface area contributed by atoms with Gasteiger partial charge < -0.3 is 10.2 Å². The van der Waals surface area contributed by atoms with Gasteiger partial charge in [-0.25, -0.2) is 9.18 Å². The molecule has 0 saturated carbocycles. The Morgan fingerprint density at radius 1 is 1.56 bits per heavy atom. The highest BCUT2D eigenvalue weighted by molar-refractivity contribution is 5.77. The van der Waals surface area contributed by atoms with Crippen molar-refractivity contribution in [1.29, 1.82) is 0 Å². The molecule has 1 heterocycles. The maximum atomic E-state index is 13.1. The van der Waals surface area contributed by atoms with E-state index >= 15 is 0 Å². The number of carbonyl (C=O) groups excluding carboxylic acids is 1. The van der Waals surface area contributed by atoms with Crippen LogP contribution < -0.4 is 5.32 Å². The van der Waals surface area contributed by atoms with Crippen LogP contribution in [0, 0.1) is 12.7 Å². The van der Waals surface area contributed by atoms with Gasteiger partial charge in [-0.2, -0.15) is 0 Å². The van der Waals surface area contributed by atoms with E-state index < -0.39 is 0 Å². The van der Waals surface area contributed by atoms with Crippen LogP contribution in [0.5, 0.6) is 0 Å². The summed E-state index contributed by atoms with van der Waals surface area (Å²) in [5, 5.41) is 2.88. The standard InChI is InChI=1S/C12H15FN2O/c1-3-15-7-11(14-12(15)16)9-4-5-10(13)8(2)6-9/h4-6,11H,3,7H2,1-2H3,(H,14,16). The lowest BCUT2D eigenvalue weighted by Gasteiger charge is -2.12. The van der Waals surface area contributed by atoms with Crippen LogP contribution in [0.4, 0.5) is 9.18 Å². The third-order valence-electron chi connectivity index (χ3n) is 2.95. The van der Waals surface area contributed by atoms with Gasteiger partial charge >= 0.3 is 6.03 Å². The van der Waals surface area contributed by atoms with E-state index in [1.807, 2.05) is 6.92 Å². The SMILES string of the molecule is CCN1CC(c2ccc(F)c(C)c2)NC1=O. The number of amides is 2. The van der Waals surface area contributed by atoms with Gasteiger partial charge in [-0.1, -0.05) is 12.1 Å². The lowest BCUT2D eigenvalue weighted by atomic mass is 10.0. The van der Waals surface area contributed by atoms with E-state index in [1.54, 1.807) is 24.0 Å². The Hall–Kier alpha value is -1.58. The molecule has 0 aromatic heterocycles. The van der Waals surface area contributed by atoms with Crippen LogP contribution in [-0.2, 0) is 0 Å². The molecule has 1 N–H and O–H groups in total. The third kappa shape index (κ3) is 1.87. The minimum absolute atomic E-state index is 0.0215. The van der Waals surface area contributed by atoms with Gasteiger partial charge in [-0.3, -0.25) is 0 Å².